The first kappa shape index (κ1) is 29.9. The Morgan fingerprint density at radius 2 is 1.60 bits per heavy atom. The lowest BCUT2D eigenvalue weighted by Crippen LogP contribution is -2.39. The van der Waals surface area contributed by atoms with Crippen molar-refractivity contribution in [3.8, 4) is 5.69 Å². The molecule has 2 N–H and O–H groups in total. The molecule has 3 amide bonds. The quantitative estimate of drug-likeness (QED) is 0.304. The molecule has 0 spiro atoms. The topological polar surface area (TPSA) is 79.3 Å². The second-order valence-corrected chi connectivity index (χ2v) is 13.4. The van der Waals surface area contributed by atoms with Crippen LogP contribution in [0.25, 0.3) is 5.69 Å². The van der Waals surface area contributed by atoms with Crippen LogP contribution >= 0.6 is 0 Å². The molecule has 2 fully saturated rings. The summed E-state index contributed by atoms with van der Waals surface area (Å²) in [6.45, 7) is 10.1. The molecule has 0 radical (unpaired) electrons. The summed E-state index contributed by atoms with van der Waals surface area (Å²) in [5, 5.41) is 10.9. The number of carbonyl (C=O) groups is 2. The molecule has 7 heteroatoms. The van der Waals surface area contributed by atoms with Crippen LogP contribution in [0.1, 0.15) is 89.0 Å². The van der Waals surface area contributed by atoms with Gasteiger partial charge in [-0.3, -0.25) is 10.1 Å². The van der Waals surface area contributed by atoms with E-state index in [1.165, 1.54) is 43.2 Å². The summed E-state index contributed by atoms with van der Waals surface area (Å²) in [6.07, 6.45) is 10.1. The lowest BCUT2D eigenvalue weighted by atomic mass is 9.86. The Labute approximate surface area is 251 Å². The van der Waals surface area contributed by atoms with Gasteiger partial charge in [-0.1, -0.05) is 69.9 Å². The summed E-state index contributed by atoms with van der Waals surface area (Å²) >= 11 is 0. The minimum absolute atomic E-state index is 0.157. The predicted molar refractivity (Wildman–Crippen MR) is 170 cm³/mol. The molecule has 1 aliphatic heterocycles. The van der Waals surface area contributed by atoms with E-state index in [0.717, 1.165) is 55.8 Å². The van der Waals surface area contributed by atoms with Crippen LogP contribution < -0.4 is 10.6 Å². The highest BCUT2D eigenvalue weighted by Crippen LogP contribution is 2.29. The highest BCUT2D eigenvalue weighted by Gasteiger charge is 2.26. The van der Waals surface area contributed by atoms with Crippen LogP contribution in [-0.4, -0.2) is 39.7 Å². The number of aromatic nitrogens is 2. The van der Waals surface area contributed by atoms with Crippen LogP contribution in [0.5, 0.6) is 0 Å². The predicted octanol–water partition coefficient (Wildman–Crippen LogP) is 7.87. The molecule has 2 aromatic carbocycles. The van der Waals surface area contributed by atoms with E-state index in [0.29, 0.717) is 23.6 Å². The van der Waals surface area contributed by atoms with E-state index >= 15 is 0 Å². The van der Waals surface area contributed by atoms with Gasteiger partial charge in [-0.2, -0.15) is 5.10 Å². The van der Waals surface area contributed by atoms with Gasteiger partial charge in [-0.05, 0) is 80.7 Å². The van der Waals surface area contributed by atoms with Crippen molar-refractivity contribution in [2.75, 3.05) is 23.7 Å². The summed E-state index contributed by atoms with van der Waals surface area (Å²) in [4.78, 5) is 28.1. The van der Waals surface area contributed by atoms with E-state index in [1.54, 1.807) is 4.68 Å². The first-order chi connectivity index (χ1) is 20.1. The molecule has 0 atom stereocenters. The van der Waals surface area contributed by atoms with Gasteiger partial charge in [0.1, 0.15) is 5.82 Å². The average molecular weight is 570 g/mol. The van der Waals surface area contributed by atoms with Crippen molar-refractivity contribution in [1.29, 1.82) is 0 Å². The SMILES string of the molecule is Cc1ccc(-n2nc(C(C)(C)C)cc2NC(=O)Nc2cccc(CC3CCN(C(=O)CC4CCCCC4)CC3)c2)cc1. The Kier molecular flexibility index (Phi) is 9.34. The van der Waals surface area contributed by atoms with Crippen LogP contribution in [0.2, 0.25) is 0 Å². The lowest BCUT2D eigenvalue weighted by molar-refractivity contribution is -0.133. The number of benzene rings is 2. The minimum Gasteiger partial charge on any atom is -0.343 e. The zero-order valence-corrected chi connectivity index (χ0v) is 25.8. The molecule has 1 saturated heterocycles. The maximum Gasteiger partial charge on any atom is 0.324 e. The molecule has 7 nitrogen and oxygen atoms in total. The zero-order valence-electron chi connectivity index (χ0n) is 25.8. The summed E-state index contributed by atoms with van der Waals surface area (Å²) in [7, 11) is 0. The minimum atomic E-state index is -0.300. The second-order valence-electron chi connectivity index (χ2n) is 13.4. The van der Waals surface area contributed by atoms with Gasteiger partial charge in [-0.15, -0.1) is 0 Å². The van der Waals surface area contributed by atoms with Crippen molar-refractivity contribution < 1.29 is 9.59 Å². The van der Waals surface area contributed by atoms with Crippen LogP contribution in [0, 0.1) is 18.8 Å². The van der Waals surface area contributed by atoms with Crippen molar-refractivity contribution in [2.24, 2.45) is 11.8 Å². The number of hydrogen-bond acceptors (Lipinski definition) is 3. The Bertz CT molecular complexity index is 1360. The summed E-state index contributed by atoms with van der Waals surface area (Å²) in [5.41, 5.74) is 4.79. The Morgan fingerprint density at radius 1 is 0.881 bits per heavy atom. The van der Waals surface area contributed by atoms with E-state index in [2.05, 4.69) is 55.4 Å². The number of aryl methyl sites for hydroxylation is 1. The smallest absolute Gasteiger partial charge is 0.324 e. The summed E-state index contributed by atoms with van der Waals surface area (Å²) < 4.78 is 1.79. The van der Waals surface area contributed by atoms with Gasteiger partial charge >= 0.3 is 6.03 Å². The number of nitrogens with one attached hydrogen (secondary N) is 2. The molecular weight excluding hydrogens is 522 g/mol. The molecule has 224 valence electrons. The Hall–Kier alpha value is -3.61. The summed E-state index contributed by atoms with van der Waals surface area (Å²) in [6, 6.07) is 17.9. The van der Waals surface area contributed by atoms with E-state index in [-0.39, 0.29) is 11.4 Å². The van der Waals surface area contributed by atoms with Gasteiger partial charge in [0.25, 0.3) is 0 Å². The fraction of sp³-hybridized carbons (Fsp3) is 0.514. The van der Waals surface area contributed by atoms with Gasteiger partial charge in [0.15, 0.2) is 0 Å². The van der Waals surface area contributed by atoms with Crippen LogP contribution in [0.15, 0.2) is 54.6 Å². The van der Waals surface area contributed by atoms with Gasteiger partial charge < -0.3 is 10.2 Å². The number of rotatable bonds is 7. The van der Waals surface area contributed by atoms with Gasteiger partial charge in [-0.25, -0.2) is 9.48 Å². The first-order valence-electron chi connectivity index (χ1n) is 15.8. The third-order valence-corrected chi connectivity index (χ3v) is 8.86. The molecule has 5 rings (SSSR count). The molecule has 0 bridgehead atoms. The Balaban J connectivity index is 1.16. The molecule has 2 aliphatic rings. The molecule has 1 aromatic heterocycles. The molecule has 3 aromatic rings. The number of hydrogen-bond donors (Lipinski definition) is 2. The monoisotopic (exact) mass is 569 g/mol. The third kappa shape index (κ3) is 7.81. The molecule has 42 heavy (non-hydrogen) atoms. The Morgan fingerprint density at radius 3 is 2.29 bits per heavy atom. The molecule has 2 heterocycles. The number of carbonyl (C=O) groups excluding carboxylic acids is 2. The average Bonchev–Trinajstić information content (AvgIpc) is 3.39. The van der Waals surface area contributed by atoms with Gasteiger partial charge in [0.2, 0.25) is 5.91 Å². The second kappa shape index (κ2) is 13.1. The maximum atomic E-state index is 13.1. The number of nitrogens with zero attached hydrogens (tertiary/aromatic N) is 3. The maximum absolute atomic E-state index is 13.1. The fourth-order valence-corrected chi connectivity index (χ4v) is 6.26. The van der Waals surface area contributed by atoms with E-state index in [9.17, 15) is 9.59 Å². The zero-order chi connectivity index (χ0) is 29.7. The number of likely N-dealkylation sites (tertiary alicyclic amines) is 1. The number of amides is 3. The summed E-state index contributed by atoms with van der Waals surface area (Å²) in [5.74, 6) is 2.13. The molecule has 1 aliphatic carbocycles. The van der Waals surface area contributed by atoms with E-state index in [4.69, 9.17) is 5.10 Å². The third-order valence-electron chi connectivity index (χ3n) is 8.86. The number of urea groups is 1. The van der Waals surface area contributed by atoms with Crippen LogP contribution in [-0.2, 0) is 16.6 Å². The van der Waals surface area contributed by atoms with E-state index < -0.39 is 0 Å². The van der Waals surface area contributed by atoms with Crippen LogP contribution in [0.3, 0.4) is 0 Å². The molecule has 0 unspecified atom stereocenters. The van der Waals surface area contributed by atoms with Crippen molar-refractivity contribution in [3.05, 3.63) is 71.4 Å². The highest BCUT2D eigenvalue weighted by molar-refractivity contribution is 5.99. The molecular formula is C35H47N5O2. The number of piperidine rings is 1. The number of anilines is 2. The van der Waals surface area contributed by atoms with Gasteiger partial charge in [0, 0.05) is 36.7 Å². The lowest BCUT2D eigenvalue weighted by Gasteiger charge is -2.33. The standard InChI is InChI=1S/C35H47N5O2/c1-25-13-15-30(16-14-25)40-32(24-31(38-40)35(2,3)4)37-34(42)36-29-12-8-11-28(22-29)21-27-17-19-39(20-18-27)33(41)23-26-9-6-5-7-10-26/h8,11-16,22,24,26-27H,5-7,9-10,17-21,23H2,1-4H3,(H2,36,37,42). The first-order valence-corrected chi connectivity index (χ1v) is 15.8. The van der Waals surface area contributed by atoms with E-state index in [1.807, 2.05) is 42.5 Å². The van der Waals surface area contributed by atoms with Gasteiger partial charge in [0.05, 0.1) is 11.4 Å². The van der Waals surface area contributed by atoms with Crippen LogP contribution in [0.4, 0.5) is 16.3 Å². The normalized spacial score (nSPS) is 16.8. The largest absolute Gasteiger partial charge is 0.343 e. The fourth-order valence-electron chi connectivity index (χ4n) is 6.26. The van der Waals surface area contributed by atoms with Crippen molar-refractivity contribution in [1.82, 2.24) is 14.7 Å². The van der Waals surface area contributed by atoms with Crippen molar-refractivity contribution >= 4 is 23.4 Å². The van der Waals surface area contributed by atoms with Crippen molar-refractivity contribution in [2.45, 2.75) is 90.9 Å². The molecule has 1 saturated carbocycles. The van der Waals surface area contributed by atoms with Crippen molar-refractivity contribution in [3.63, 3.8) is 0 Å². The highest BCUT2D eigenvalue weighted by atomic mass is 16.2.